The molecule has 1 aliphatic carbocycles. The monoisotopic (exact) mass is 410 g/mol. The molecule has 1 aliphatic rings. The fraction of sp³-hybridized carbons (Fsp3) is 0.286. The van der Waals surface area contributed by atoms with Crippen molar-refractivity contribution in [3.8, 4) is 16.9 Å². The number of phenols is 1. The smallest absolute Gasteiger partial charge is 0.123 e. The maximum Gasteiger partial charge on any atom is 0.123 e. The van der Waals surface area contributed by atoms with Crippen LogP contribution in [0.25, 0.3) is 11.1 Å². The minimum absolute atomic E-state index is 0.177. The van der Waals surface area contributed by atoms with Gasteiger partial charge >= 0.3 is 0 Å². The van der Waals surface area contributed by atoms with Gasteiger partial charge in [-0.2, -0.15) is 5.10 Å². The van der Waals surface area contributed by atoms with Gasteiger partial charge in [0, 0.05) is 22.3 Å². The van der Waals surface area contributed by atoms with Gasteiger partial charge in [-0.1, -0.05) is 90.1 Å². The molecular weight excluding hydrogens is 380 g/mol. The molecule has 0 atom stereocenters. The Morgan fingerprint density at radius 1 is 0.677 bits per heavy atom. The highest BCUT2D eigenvalue weighted by atomic mass is 16.3. The quantitative estimate of drug-likeness (QED) is 0.285. The summed E-state index contributed by atoms with van der Waals surface area (Å²) < 4.78 is 0. The normalized spacial score (nSPS) is 13.4. The van der Waals surface area contributed by atoms with Crippen LogP contribution in [0.15, 0.2) is 70.9 Å². The van der Waals surface area contributed by atoms with Crippen molar-refractivity contribution in [2.24, 2.45) is 10.2 Å². The molecule has 1 N–H and O–H groups in total. The zero-order chi connectivity index (χ0) is 22.4. The molecule has 0 saturated heterocycles. The number of rotatable bonds is 2. The Bertz CT molecular complexity index is 1120. The highest BCUT2D eigenvalue weighted by molar-refractivity contribution is 6.24. The fourth-order valence-electron chi connectivity index (χ4n) is 4.13. The number of hydrogen-bond donors (Lipinski definition) is 1. The molecule has 0 unspecified atom stereocenters. The van der Waals surface area contributed by atoms with Gasteiger partial charge < -0.3 is 5.11 Å². The predicted octanol–water partition coefficient (Wildman–Crippen LogP) is 6.84. The van der Waals surface area contributed by atoms with Crippen LogP contribution < -0.4 is 0 Å². The van der Waals surface area contributed by atoms with Crippen LogP contribution in [0.2, 0.25) is 0 Å². The molecule has 0 aliphatic heterocycles. The van der Waals surface area contributed by atoms with Gasteiger partial charge in [0.05, 0.1) is 6.21 Å². The van der Waals surface area contributed by atoms with Crippen molar-refractivity contribution in [2.45, 2.75) is 52.4 Å². The Morgan fingerprint density at radius 3 is 1.52 bits per heavy atom. The molecule has 0 aromatic heterocycles. The van der Waals surface area contributed by atoms with Gasteiger partial charge in [0.2, 0.25) is 0 Å². The number of fused-ring (bicyclic) bond motifs is 3. The predicted molar refractivity (Wildman–Crippen MR) is 131 cm³/mol. The van der Waals surface area contributed by atoms with Crippen LogP contribution in [-0.2, 0) is 10.8 Å². The third-order valence-electron chi connectivity index (χ3n) is 5.77. The molecule has 3 aromatic rings. The lowest BCUT2D eigenvalue weighted by atomic mass is 9.78. The molecule has 3 nitrogen and oxygen atoms in total. The SMILES string of the molecule is CC(C)(C)c1cc(/C=N/N=C2c3ccccc3-c3ccccc32)cc(C(C)(C)C)c1O. The summed E-state index contributed by atoms with van der Waals surface area (Å²) in [5, 5.41) is 20.0. The second-order valence-electron chi connectivity index (χ2n) is 10.2. The Hall–Kier alpha value is -3.20. The van der Waals surface area contributed by atoms with Crippen molar-refractivity contribution in [3.63, 3.8) is 0 Å². The molecule has 31 heavy (non-hydrogen) atoms. The van der Waals surface area contributed by atoms with Crippen LogP contribution in [0.5, 0.6) is 5.75 Å². The van der Waals surface area contributed by atoms with Crippen LogP contribution >= 0.6 is 0 Å². The summed E-state index contributed by atoms with van der Waals surface area (Å²) in [6, 6.07) is 20.7. The molecule has 0 spiro atoms. The molecule has 0 saturated carbocycles. The van der Waals surface area contributed by atoms with E-state index in [0.717, 1.165) is 33.5 Å². The summed E-state index contributed by atoms with van der Waals surface area (Å²) in [6.45, 7) is 12.7. The lowest BCUT2D eigenvalue weighted by Crippen LogP contribution is -2.17. The molecule has 0 heterocycles. The summed E-state index contributed by atoms with van der Waals surface area (Å²) in [5.74, 6) is 0.377. The van der Waals surface area contributed by atoms with Crippen molar-refractivity contribution in [1.82, 2.24) is 0 Å². The van der Waals surface area contributed by atoms with Crippen LogP contribution in [0.1, 0.15) is 69.4 Å². The van der Waals surface area contributed by atoms with E-state index in [2.05, 4.69) is 88.1 Å². The second kappa shape index (κ2) is 7.49. The molecular formula is C28H30N2O. The lowest BCUT2D eigenvalue weighted by molar-refractivity contribution is 0.423. The average Bonchev–Trinajstić information content (AvgIpc) is 3.01. The Labute approximate surface area is 185 Å². The van der Waals surface area contributed by atoms with Gasteiger partial charge in [-0.05, 0) is 39.7 Å². The first-order chi connectivity index (χ1) is 14.6. The zero-order valence-corrected chi connectivity index (χ0v) is 19.2. The molecule has 0 bridgehead atoms. The van der Waals surface area contributed by atoms with Crippen LogP contribution in [0.3, 0.4) is 0 Å². The van der Waals surface area contributed by atoms with Gasteiger partial charge in [0.15, 0.2) is 0 Å². The summed E-state index contributed by atoms with van der Waals surface area (Å²) in [6.07, 6.45) is 1.79. The topological polar surface area (TPSA) is 45.0 Å². The maximum atomic E-state index is 10.9. The first-order valence-electron chi connectivity index (χ1n) is 10.8. The molecule has 3 aromatic carbocycles. The highest BCUT2D eigenvalue weighted by Gasteiger charge is 2.26. The van der Waals surface area contributed by atoms with Gasteiger partial charge in [-0.25, -0.2) is 0 Å². The van der Waals surface area contributed by atoms with E-state index in [-0.39, 0.29) is 10.8 Å². The van der Waals surface area contributed by atoms with Crippen molar-refractivity contribution >= 4 is 11.9 Å². The Kier molecular flexibility index (Phi) is 5.09. The molecule has 3 heteroatoms. The van der Waals surface area contributed by atoms with Crippen molar-refractivity contribution in [1.29, 1.82) is 0 Å². The largest absolute Gasteiger partial charge is 0.507 e. The molecule has 158 valence electrons. The van der Waals surface area contributed by atoms with E-state index in [1.54, 1.807) is 6.21 Å². The first-order valence-corrected chi connectivity index (χ1v) is 10.8. The number of benzene rings is 3. The van der Waals surface area contributed by atoms with E-state index in [1.165, 1.54) is 11.1 Å². The standard InChI is InChI=1S/C28H30N2O/c1-27(2,3)23-15-18(16-24(26(23)31)28(4,5)6)17-29-30-25-21-13-9-7-11-19(21)20-12-8-10-14-22(20)25/h7-17,31H,1-6H3/b29-17+. The van der Waals surface area contributed by atoms with Crippen LogP contribution in [0, 0.1) is 0 Å². The van der Waals surface area contributed by atoms with Crippen LogP contribution in [-0.4, -0.2) is 17.0 Å². The third kappa shape index (κ3) is 3.93. The zero-order valence-electron chi connectivity index (χ0n) is 19.2. The summed E-state index contributed by atoms with van der Waals surface area (Å²) in [7, 11) is 0. The minimum Gasteiger partial charge on any atom is -0.507 e. The van der Waals surface area contributed by atoms with Crippen molar-refractivity contribution in [2.75, 3.05) is 0 Å². The van der Waals surface area contributed by atoms with E-state index in [0.29, 0.717) is 5.75 Å². The number of nitrogens with zero attached hydrogens (tertiary/aromatic N) is 2. The second-order valence-corrected chi connectivity index (χ2v) is 10.2. The van der Waals surface area contributed by atoms with E-state index >= 15 is 0 Å². The minimum atomic E-state index is -0.177. The molecule has 0 radical (unpaired) electrons. The van der Waals surface area contributed by atoms with E-state index in [9.17, 15) is 5.11 Å². The van der Waals surface area contributed by atoms with Gasteiger partial charge in [0.25, 0.3) is 0 Å². The fourth-order valence-corrected chi connectivity index (χ4v) is 4.13. The van der Waals surface area contributed by atoms with Crippen LogP contribution in [0.4, 0.5) is 0 Å². The molecule has 0 amide bonds. The van der Waals surface area contributed by atoms with Gasteiger partial charge in [-0.3, -0.25) is 0 Å². The number of aromatic hydroxyl groups is 1. The summed E-state index contributed by atoms with van der Waals surface area (Å²) >= 11 is 0. The summed E-state index contributed by atoms with van der Waals surface area (Å²) in [5.41, 5.74) is 7.94. The Balaban J connectivity index is 1.79. The summed E-state index contributed by atoms with van der Waals surface area (Å²) in [4.78, 5) is 0. The highest BCUT2D eigenvalue weighted by Crippen LogP contribution is 2.40. The van der Waals surface area contributed by atoms with Crippen molar-refractivity contribution < 1.29 is 5.11 Å². The lowest BCUT2D eigenvalue weighted by Gasteiger charge is -2.27. The van der Waals surface area contributed by atoms with E-state index in [1.807, 2.05) is 24.3 Å². The first kappa shape index (κ1) is 21.0. The molecule has 0 fully saturated rings. The maximum absolute atomic E-state index is 10.9. The van der Waals surface area contributed by atoms with E-state index < -0.39 is 0 Å². The van der Waals surface area contributed by atoms with E-state index in [4.69, 9.17) is 0 Å². The third-order valence-corrected chi connectivity index (χ3v) is 5.77. The van der Waals surface area contributed by atoms with Gasteiger partial charge in [-0.15, -0.1) is 5.10 Å². The average molecular weight is 411 g/mol. The number of phenolic OH excluding ortho intramolecular Hbond substituents is 1. The number of hydrogen-bond acceptors (Lipinski definition) is 3. The van der Waals surface area contributed by atoms with Gasteiger partial charge in [0.1, 0.15) is 11.5 Å². The molecule has 4 rings (SSSR count). The van der Waals surface area contributed by atoms with Crippen molar-refractivity contribution in [3.05, 3.63) is 88.5 Å². The Morgan fingerprint density at radius 2 is 1.10 bits per heavy atom.